The fourth-order valence-electron chi connectivity index (χ4n) is 5.84. The molecule has 2 atom stereocenters. The SMILES string of the molecule is COc1ccc(OC)c(C(=O)C[N+]23CCC(CC2)[C@@H](OC(=O)[C@H](Nc2ccccc2)c2ccccc2)C3)c1.[Br-]. The number of hydrogen-bond acceptors (Lipinski definition) is 6. The maximum Gasteiger partial charge on any atom is 0.333 e. The first-order valence-corrected chi connectivity index (χ1v) is 13.2. The fraction of sp³-hybridized carbons (Fsp3) is 0.355. The number of ketones is 1. The van der Waals surface area contributed by atoms with Gasteiger partial charge in [0, 0.05) is 24.4 Å². The summed E-state index contributed by atoms with van der Waals surface area (Å²) in [5.74, 6) is 1.20. The van der Waals surface area contributed by atoms with Gasteiger partial charge in [0.1, 0.15) is 24.6 Å². The number of piperidine rings is 3. The third-order valence-corrected chi connectivity index (χ3v) is 7.95. The molecule has 0 aromatic heterocycles. The molecule has 3 aliphatic rings. The third-order valence-electron chi connectivity index (χ3n) is 7.95. The van der Waals surface area contributed by atoms with Crippen LogP contribution in [0.25, 0.3) is 0 Å². The Morgan fingerprint density at radius 3 is 2.23 bits per heavy atom. The van der Waals surface area contributed by atoms with Gasteiger partial charge in [0.15, 0.2) is 12.1 Å². The highest BCUT2D eigenvalue weighted by molar-refractivity contribution is 6.00. The van der Waals surface area contributed by atoms with Gasteiger partial charge in [-0.2, -0.15) is 0 Å². The van der Waals surface area contributed by atoms with Crippen LogP contribution in [0.3, 0.4) is 0 Å². The summed E-state index contributed by atoms with van der Waals surface area (Å²) in [6.45, 7) is 2.79. The van der Waals surface area contributed by atoms with Crippen molar-refractivity contribution in [3.05, 3.63) is 90.0 Å². The molecule has 3 aromatic rings. The smallest absolute Gasteiger partial charge is 0.333 e. The molecule has 0 saturated carbocycles. The average molecular weight is 596 g/mol. The molecule has 3 heterocycles. The number of halogens is 1. The lowest BCUT2D eigenvalue weighted by atomic mass is 9.82. The molecule has 3 saturated heterocycles. The fourth-order valence-corrected chi connectivity index (χ4v) is 5.84. The van der Waals surface area contributed by atoms with Crippen LogP contribution in [-0.2, 0) is 9.53 Å². The van der Waals surface area contributed by atoms with Gasteiger partial charge in [-0.15, -0.1) is 0 Å². The molecule has 3 aliphatic heterocycles. The highest BCUT2D eigenvalue weighted by atomic mass is 79.9. The lowest BCUT2D eigenvalue weighted by Crippen LogP contribution is -3.00. The topological polar surface area (TPSA) is 73.9 Å². The lowest BCUT2D eigenvalue weighted by Gasteiger charge is -2.51. The molecule has 0 amide bonds. The van der Waals surface area contributed by atoms with Gasteiger partial charge in [0.2, 0.25) is 5.78 Å². The number of rotatable bonds is 10. The van der Waals surface area contributed by atoms with Crippen molar-refractivity contribution >= 4 is 17.4 Å². The Morgan fingerprint density at radius 2 is 1.59 bits per heavy atom. The number of esters is 1. The van der Waals surface area contributed by atoms with Crippen LogP contribution in [0.2, 0.25) is 0 Å². The first kappa shape index (κ1) is 28.6. The standard InChI is InChI=1S/C31H35N2O5.BrH/c1-36-25-13-14-28(37-2)26(19-25)27(34)20-33-17-15-22(16-18-33)29(21-33)38-31(35)30(23-9-5-3-6-10-23)32-24-11-7-4-8-12-24;/h3-14,19,22,29-30,32H,15-18,20-21H2,1-2H3;1H/q+1;/p-1/t22?,29-,30+,33?;/m0./s1. The zero-order valence-corrected chi connectivity index (χ0v) is 23.9. The molecule has 3 fully saturated rings. The van der Waals surface area contributed by atoms with Gasteiger partial charge in [-0.1, -0.05) is 48.5 Å². The minimum Gasteiger partial charge on any atom is -1.00 e. The van der Waals surface area contributed by atoms with Crippen molar-refractivity contribution in [3.8, 4) is 11.5 Å². The van der Waals surface area contributed by atoms with Crippen LogP contribution >= 0.6 is 0 Å². The number of nitrogens with one attached hydrogen (secondary N) is 1. The van der Waals surface area contributed by atoms with E-state index in [1.807, 2.05) is 60.7 Å². The second-order valence-electron chi connectivity index (χ2n) is 10.3. The maximum absolute atomic E-state index is 13.6. The summed E-state index contributed by atoms with van der Waals surface area (Å²) in [5.41, 5.74) is 2.23. The van der Waals surface area contributed by atoms with Gasteiger partial charge in [0.05, 0.1) is 32.9 Å². The number of methoxy groups -OCH3 is 2. The molecular formula is C31H35BrN2O5. The number of nitrogens with zero attached hydrogens (tertiary/aromatic N) is 1. The van der Waals surface area contributed by atoms with Crippen LogP contribution in [0, 0.1) is 5.92 Å². The molecule has 0 spiro atoms. The summed E-state index contributed by atoms with van der Waals surface area (Å²) in [7, 11) is 3.15. The normalized spacial score (nSPS) is 22.2. The van der Waals surface area contributed by atoms with Crippen molar-refractivity contribution in [2.75, 3.05) is 45.7 Å². The number of ether oxygens (including phenoxy) is 3. The molecule has 0 radical (unpaired) electrons. The molecule has 1 N–H and O–H groups in total. The van der Waals surface area contributed by atoms with E-state index in [0.717, 1.165) is 37.2 Å². The van der Waals surface area contributed by atoms with E-state index in [1.165, 1.54) is 0 Å². The van der Waals surface area contributed by atoms with Crippen molar-refractivity contribution in [1.29, 1.82) is 0 Å². The number of Topliss-reactive ketones (excluding diaryl/α,β-unsaturated/α-hetero) is 1. The zero-order chi connectivity index (χ0) is 26.5. The second kappa shape index (κ2) is 12.7. The molecule has 6 rings (SSSR count). The summed E-state index contributed by atoms with van der Waals surface area (Å²) in [5, 5.41) is 3.36. The average Bonchev–Trinajstić information content (AvgIpc) is 2.96. The quantitative estimate of drug-likeness (QED) is 0.220. The molecule has 7 nitrogen and oxygen atoms in total. The van der Waals surface area contributed by atoms with E-state index in [2.05, 4.69) is 5.32 Å². The number of para-hydroxylation sites is 1. The lowest BCUT2D eigenvalue weighted by molar-refractivity contribution is -0.938. The van der Waals surface area contributed by atoms with Gasteiger partial charge < -0.3 is 41.0 Å². The highest BCUT2D eigenvalue weighted by Crippen LogP contribution is 2.37. The molecule has 3 aromatic carbocycles. The highest BCUT2D eigenvalue weighted by Gasteiger charge is 2.49. The molecular weight excluding hydrogens is 560 g/mol. The predicted octanol–water partition coefficient (Wildman–Crippen LogP) is 1.90. The number of hydrogen-bond donors (Lipinski definition) is 1. The van der Waals surface area contributed by atoms with E-state index in [4.69, 9.17) is 14.2 Å². The van der Waals surface area contributed by atoms with Gasteiger partial charge in [0.25, 0.3) is 0 Å². The molecule has 8 heteroatoms. The summed E-state index contributed by atoms with van der Waals surface area (Å²) in [4.78, 5) is 27.1. The van der Waals surface area contributed by atoms with E-state index in [9.17, 15) is 9.59 Å². The van der Waals surface area contributed by atoms with Crippen LogP contribution in [-0.4, -0.2) is 62.7 Å². The summed E-state index contributed by atoms with van der Waals surface area (Å²) >= 11 is 0. The van der Waals surface area contributed by atoms with E-state index < -0.39 is 6.04 Å². The van der Waals surface area contributed by atoms with E-state index in [0.29, 0.717) is 40.6 Å². The Morgan fingerprint density at radius 1 is 0.923 bits per heavy atom. The van der Waals surface area contributed by atoms with Gasteiger partial charge >= 0.3 is 5.97 Å². The van der Waals surface area contributed by atoms with E-state index in [-0.39, 0.29) is 34.8 Å². The monoisotopic (exact) mass is 594 g/mol. The molecule has 0 aliphatic carbocycles. The summed E-state index contributed by atoms with van der Waals surface area (Å²) in [6, 6.07) is 24.0. The van der Waals surface area contributed by atoms with Crippen molar-refractivity contribution in [3.63, 3.8) is 0 Å². The van der Waals surface area contributed by atoms with Crippen LogP contribution in [0.15, 0.2) is 78.9 Å². The van der Waals surface area contributed by atoms with Crippen molar-refractivity contribution in [1.82, 2.24) is 0 Å². The number of quaternary nitrogens is 1. The molecule has 2 bridgehead atoms. The molecule has 39 heavy (non-hydrogen) atoms. The van der Waals surface area contributed by atoms with E-state index in [1.54, 1.807) is 32.4 Å². The number of carbonyl (C=O) groups is 2. The minimum atomic E-state index is -0.620. The number of anilines is 1. The number of benzene rings is 3. The van der Waals surface area contributed by atoms with Gasteiger partial charge in [-0.05, 0) is 35.9 Å². The Hall–Kier alpha value is -3.36. The van der Waals surface area contributed by atoms with Crippen molar-refractivity contribution in [2.45, 2.75) is 25.0 Å². The third kappa shape index (κ3) is 6.45. The second-order valence-corrected chi connectivity index (χ2v) is 10.3. The van der Waals surface area contributed by atoms with E-state index >= 15 is 0 Å². The van der Waals surface area contributed by atoms with Gasteiger partial charge in [-0.25, -0.2) is 4.79 Å². The number of carbonyl (C=O) groups excluding carboxylic acids is 2. The first-order valence-electron chi connectivity index (χ1n) is 13.2. The van der Waals surface area contributed by atoms with Crippen LogP contribution in [0.5, 0.6) is 11.5 Å². The van der Waals surface area contributed by atoms with Crippen molar-refractivity contribution in [2.24, 2.45) is 5.92 Å². The minimum absolute atomic E-state index is 0. The van der Waals surface area contributed by atoms with Crippen molar-refractivity contribution < 1.29 is 45.3 Å². The summed E-state index contributed by atoms with van der Waals surface area (Å²) in [6.07, 6.45) is 1.64. The van der Waals surface area contributed by atoms with Gasteiger partial charge in [-0.3, -0.25) is 4.79 Å². The van der Waals surface area contributed by atoms with Crippen LogP contribution < -0.4 is 31.8 Å². The Kier molecular flexibility index (Phi) is 9.30. The Labute approximate surface area is 240 Å². The van der Waals surface area contributed by atoms with Crippen LogP contribution in [0.4, 0.5) is 5.69 Å². The Bertz CT molecular complexity index is 1260. The zero-order valence-electron chi connectivity index (χ0n) is 22.3. The molecule has 206 valence electrons. The molecule has 0 unspecified atom stereocenters. The largest absolute Gasteiger partial charge is 1.00 e. The maximum atomic E-state index is 13.6. The number of fused-ring (bicyclic) bond motifs is 3. The summed E-state index contributed by atoms with van der Waals surface area (Å²) < 4.78 is 17.7. The first-order chi connectivity index (χ1) is 18.5. The Balaban J connectivity index is 0.00000353. The van der Waals surface area contributed by atoms with Crippen LogP contribution in [0.1, 0.15) is 34.8 Å². The predicted molar refractivity (Wildman–Crippen MR) is 145 cm³/mol.